The van der Waals surface area contributed by atoms with E-state index in [-0.39, 0.29) is 5.69 Å². The first-order chi connectivity index (χ1) is 9.56. The third kappa shape index (κ3) is 3.93. The number of ether oxygens (including phenoxy) is 1. The fourth-order valence-electron chi connectivity index (χ4n) is 1.57. The molecule has 0 heterocycles. The topological polar surface area (TPSA) is 38.3 Å². The number of para-hydroxylation sites is 1. The summed E-state index contributed by atoms with van der Waals surface area (Å²) in [5, 5.41) is 2.50. The van der Waals surface area contributed by atoms with E-state index in [1.807, 2.05) is 12.1 Å². The largest absolute Gasteiger partial charge is 0.481 e. The van der Waals surface area contributed by atoms with E-state index in [1.54, 1.807) is 31.2 Å². The number of halogens is 2. The van der Waals surface area contributed by atoms with Gasteiger partial charge < -0.3 is 10.1 Å². The highest BCUT2D eigenvalue weighted by molar-refractivity contribution is 14.1. The molecule has 2 rings (SSSR count). The number of nitrogens with one attached hydrogen (secondary N) is 1. The number of carbonyl (C=O) groups excluding carboxylic acids is 1. The molecule has 3 nitrogen and oxygen atoms in total. The van der Waals surface area contributed by atoms with Gasteiger partial charge in [0.25, 0.3) is 5.91 Å². The van der Waals surface area contributed by atoms with Crippen molar-refractivity contribution in [1.29, 1.82) is 0 Å². The Balaban J connectivity index is 1.99. The van der Waals surface area contributed by atoms with Crippen molar-refractivity contribution in [2.45, 2.75) is 13.0 Å². The monoisotopic (exact) mass is 385 g/mol. The molecule has 0 saturated heterocycles. The quantitative estimate of drug-likeness (QED) is 0.813. The van der Waals surface area contributed by atoms with Gasteiger partial charge in [0.2, 0.25) is 0 Å². The second kappa shape index (κ2) is 6.69. The molecule has 1 N–H and O–H groups in total. The Morgan fingerprint density at radius 2 is 1.85 bits per heavy atom. The highest BCUT2D eigenvalue weighted by Gasteiger charge is 2.16. The Labute approximate surface area is 130 Å². The Morgan fingerprint density at radius 1 is 1.20 bits per heavy atom. The van der Waals surface area contributed by atoms with Gasteiger partial charge in [-0.1, -0.05) is 12.1 Å². The van der Waals surface area contributed by atoms with Crippen molar-refractivity contribution < 1.29 is 13.9 Å². The van der Waals surface area contributed by atoms with E-state index in [9.17, 15) is 9.18 Å². The molecule has 0 aliphatic heterocycles. The lowest BCUT2D eigenvalue weighted by Crippen LogP contribution is -2.30. The molecule has 0 fully saturated rings. The molecule has 1 amide bonds. The minimum atomic E-state index is -0.713. The van der Waals surface area contributed by atoms with Crippen molar-refractivity contribution in [3.8, 4) is 5.75 Å². The van der Waals surface area contributed by atoms with Gasteiger partial charge in [-0.05, 0) is 65.9 Å². The van der Waals surface area contributed by atoms with Gasteiger partial charge in [-0.25, -0.2) is 4.39 Å². The van der Waals surface area contributed by atoms with Gasteiger partial charge in [-0.3, -0.25) is 4.79 Å². The Hall–Kier alpha value is -1.63. The number of amides is 1. The SMILES string of the molecule is CC(Oc1ccc(I)cc1)C(=O)Nc1ccccc1F. The molecule has 1 unspecified atom stereocenters. The lowest BCUT2D eigenvalue weighted by molar-refractivity contribution is -0.122. The van der Waals surface area contributed by atoms with E-state index in [4.69, 9.17) is 4.74 Å². The lowest BCUT2D eigenvalue weighted by Gasteiger charge is -2.15. The molecule has 104 valence electrons. The average Bonchev–Trinajstić information content (AvgIpc) is 2.44. The Morgan fingerprint density at radius 3 is 2.50 bits per heavy atom. The average molecular weight is 385 g/mol. The summed E-state index contributed by atoms with van der Waals surface area (Å²) in [6.07, 6.45) is -0.713. The minimum absolute atomic E-state index is 0.149. The van der Waals surface area contributed by atoms with E-state index >= 15 is 0 Å². The van der Waals surface area contributed by atoms with Gasteiger partial charge in [0.15, 0.2) is 6.10 Å². The molecule has 20 heavy (non-hydrogen) atoms. The normalized spacial score (nSPS) is 11.8. The maximum atomic E-state index is 13.4. The summed E-state index contributed by atoms with van der Waals surface area (Å²) in [5.74, 6) is -0.266. The summed E-state index contributed by atoms with van der Waals surface area (Å²) in [4.78, 5) is 11.9. The summed E-state index contributed by atoms with van der Waals surface area (Å²) in [6, 6.07) is 13.4. The number of carbonyl (C=O) groups is 1. The van der Waals surface area contributed by atoms with Crippen molar-refractivity contribution in [1.82, 2.24) is 0 Å². The van der Waals surface area contributed by atoms with Gasteiger partial charge in [-0.15, -0.1) is 0 Å². The molecule has 0 aliphatic carbocycles. The fourth-order valence-corrected chi connectivity index (χ4v) is 1.93. The van der Waals surface area contributed by atoms with Crippen LogP contribution < -0.4 is 10.1 Å². The summed E-state index contributed by atoms with van der Waals surface area (Å²) in [5.41, 5.74) is 0.149. The van der Waals surface area contributed by atoms with Crippen LogP contribution in [-0.2, 0) is 4.79 Å². The summed E-state index contributed by atoms with van der Waals surface area (Å²) < 4.78 is 20.0. The van der Waals surface area contributed by atoms with Crippen LogP contribution >= 0.6 is 22.6 Å². The second-order valence-electron chi connectivity index (χ2n) is 4.18. The maximum absolute atomic E-state index is 13.4. The summed E-state index contributed by atoms with van der Waals surface area (Å²) in [7, 11) is 0. The zero-order valence-electron chi connectivity index (χ0n) is 10.8. The van der Waals surface area contributed by atoms with Gasteiger partial charge in [-0.2, -0.15) is 0 Å². The fraction of sp³-hybridized carbons (Fsp3) is 0.133. The van der Waals surface area contributed by atoms with Crippen molar-refractivity contribution in [2.75, 3.05) is 5.32 Å². The van der Waals surface area contributed by atoms with Crippen LogP contribution in [0.15, 0.2) is 48.5 Å². The molecule has 0 bridgehead atoms. The van der Waals surface area contributed by atoms with Crippen LogP contribution in [0.25, 0.3) is 0 Å². The van der Waals surface area contributed by atoms with Crippen molar-refractivity contribution in [3.05, 3.63) is 57.9 Å². The van der Waals surface area contributed by atoms with E-state index < -0.39 is 17.8 Å². The van der Waals surface area contributed by atoms with Crippen molar-refractivity contribution in [2.24, 2.45) is 0 Å². The number of hydrogen-bond acceptors (Lipinski definition) is 2. The molecule has 0 aromatic heterocycles. The van der Waals surface area contributed by atoms with Gasteiger partial charge in [0, 0.05) is 3.57 Å². The van der Waals surface area contributed by atoms with Crippen LogP contribution in [-0.4, -0.2) is 12.0 Å². The highest BCUT2D eigenvalue weighted by atomic mass is 127. The van der Waals surface area contributed by atoms with Gasteiger partial charge in [0.05, 0.1) is 5.69 Å². The lowest BCUT2D eigenvalue weighted by atomic mass is 10.3. The molecule has 2 aromatic rings. The van der Waals surface area contributed by atoms with E-state index in [2.05, 4.69) is 27.9 Å². The minimum Gasteiger partial charge on any atom is -0.481 e. The predicted molar refractivity (Wildman–Crippen MR) is 84.3 cm³/mol. The summed E-state index contributed by atoms with van der Waals surface area (Å²) >= 11 is 2.19. The van der Waals surface area contributed by atoms with Crippen LogP contribution in [0, 0.1) is 9.39 Å². The van der Waals surface area contributed by atoms with Crippen LogP contribution in [0.4, 0.5) is 10.1 Å². The molecule has 0 radical (unpaired) electrons. The third-order valence-electron chi connectivity index (χ3n) is 2.63. The first-order valence-electron chi connectivity index (χ1n) is 6.04. The predicted octanol–water partition coefficient (Wildman–Crippen LogP) is 3.84. The van der Waals surface area contributed by atoms with Crippen LogP contribution in [0.5, 0.6) is 5.75 Å². The second-order valence-corrected chi connectivity index (χ2v) is 5.43. The molecule has 5 heteroatoms. The zero-order valence-corrected chi connectivity index (χ0v) is 12.9. The first-order valence-corrected chi connectivity index (χ1v) is 7.12. The number of anilines is 1. The van der Waals surface area contributed by atoms with E-state index in [0.717, 1.165) is 3.57 Å². The van der Waals surface area contributed by atoms with Gasteiger partial charge in [0.1, 0.15) is 11.6 Å². The maximum Gasteiger partial charge on any atom is 0.265 e. The molecular formula is C15H13FINO2. The molecule has 1 atom stereocenters. The van der Waals surface area contributed by atoms with Crippen LogP contribution in [0.1, 0.15) is 6.92 Å². The summed E-state index contributed by atoms with van der Waals surface area (Å²) in [6.45, 7) is 1.62. The molecule has 0 aliphatic rings. The first kappa shape index (κ1) is 14.8. The molecule has 0 spiro atoms. The highest BCUT2D eigenvalue weighted by Crippen LogP contribution is 2.17. The van der Waals surface area contributed by atoms with Crippen molar-refractivity contribution >= 4 is 34.2 Å². The standard InChI is InChI=1S/C15H13FINO2/c1-10(20-12-8-6-11(17)7-9-12)15(19)18-14-5-3-2-4-13(14)16/h2-10H,1H3,(H,18,19). The van der Waals surface area contributed by atoms with Crippen LogP contribution in [0.3, 0.4) is 0 Å². The van der Waals surface area contributed by atoms with E-state index in [0.29, 0.717) is 5.75 Å². The Kier molecular flexibility index (Phi) is 4.94. The number of hydrogen-bond donors (Lipinski definition) is 1. The molecule has 0 saturated carbocycles. The third-order valence-corrected chi connectivity index (χ3v) is 3.35. The van der Waals surface area contributed by atoms with Crippen LogP contribution in [0.2, 0.25) is 0 Å². The van der Waals surface area contributed by atoms with E-state index in [1.165, 1.54) is 12.1 Å². The number of rotatable bonds is 4. The molecule has 2 aromatic carbocycles. The molecular weight excluding hydrogens is 372 g/mol. The Bertz CT molecular complexity index is 601. The smallest absolute Gasteiger partial charge is 0.265 e. The van der Waals surface area contributed by atoms with Gasteiger partial charge >= 0.3 is 0 Å². The van der Waals surface area contributed by atoms with Crippen molar-refractivity contribution in [3.63, 3.8) is 0 Å². The number of benzene rings is 2. The zero-order chi connectivity index (χ0) is 14.5.